The van der Waals surface area contributed by atoms with Crippen LogP contribution in [0.1, 0.15) is 58.8 Å². The van der Waals surface area contributed by atoms with Crippen molar-refractivity contribution < 1.29 is 0 Å². The van der Waals surface area contributed by atoms with Crippen molar-refractivity contribution in [1.29, 1.82) is 0 Å². The Morgan fingerprint density at radius 2 is 2.06 bits per heavy atom. The van der Waals surface area contributed by atoms with Gasteiger partial charge in [0.25, 0.3) is 0 Å². The van der Waals surface area contributed by atoms with Crippen molar-refractivity contribution in [3.8, 4) is 0 Å². The zero-order valence-corrected chi connectivity index (χ0v) is 11.7. The number of nitrogens with two attached hydrogens (primary N) is 1. The second-order valence-corrected chi connectivity index (χ2v) is 6.36. The Kier molecular flexibility index (Phi) is 7.22. The van der Waals surface area contributed by atoms with Crippen molar-refractivity contribution in [2.45, 2.75) is 70.1 Å². The minimum Gasteiger partial charge on any atom is -0.324 e. The van der Waals surface area contributed by atoms with Crippen LogP contribution >= 0.6 is 11.8 Å². The van der Waals surface area contributed by atoms with Gasteiger partial charge in [0, 0.05) is 17.0 Å². The first-order valence-corrected chi connectivity index (χ1v) is 7.85. The fourth-order valence-corrected chi connectivity index (χ4v) is 3.03. The average molecular weight is 241 g/mol. The topological polar surface area (TPSA) is 26.0 Å². The molecule has 1 rings (SSSR count). The summed E-state index contributed by atoms with van der Waals surface area (Å²) in [6.07, 6.45) is 11.6. The van der Waals surface area contributed by atoms with Gasteiger partial charge in [0.05, 0.1) is 0 Å². The van der Waals surface area contributed by atoms with Gasteiger partial charge in [-0.1, -0.05) is 38.3 Å². The van der Waals surface area contributed by atoms with Gasteiger partial charge in [-0.3, -0.25) is 0 Å². The molecule has 16 heavy (non-hydrogen) atoms. The third kappa shape index (κ3) is 5.40. The molecule has 0 bridgehead atoms. The zero-order chi connectivity index (χ0) is 11.8. The lowest BCUT2D eigenvalue weighted by Crippen LogP contribution is -2.26. The molecule has 0 spiro atoms. The minimum absolute atomic E-state index is 0.303. The van der Waals surface area contributed by atoms with Gasteiger partial charge in [-0.25, -0.2) is 0 Å². The molecule has 1 aliphatic carbocycles. The summed E-state index contributed by atoms with van der Waals surface area (Å²) in [6.45, 7) is 4.54. The SMILES string of the molecule is CCC(C)SCC(N)C1=CCCCCCC1. The summed E-state index contributed by atoms with van der Waals surface area (Å²) < 4.78 is 0. The van der Waals surface area contributed by atoms with E-state index in [0.717, 1.165) is 11.0 Å². The average Bonchev–Trinajstić information content (AvgIpc) is 2.25. The van der Waals surface area contributed by atoms with E-state index in [1.165, 1.54) is 50.5 Å². The maximum absolute atomic E-state index is 6.28. The van der Waals surface area contributed by atoms with E-state index in [-0.39, 0.29) is 0 Å². The zero-order valence-electron chi connectivity index (χ0n) is 10.9. The Bertz CT molecular complexity index is 213. The smallest absolute Gasteiger partial charge is 0.0345 e. The largest absolute Gasteiger partial charge is 0.324 e. The molecule has 0 amide bonds. The molecular formula is C14H27NS. The second-order valence-electron chi connectivity index (χ2n) is 4.89. The standard InChI is InChI=1S/C14H27NS/c1-3-12(2)16-11-14(15)13-9-7-5-4-6-8-10-13/h9,12,14H,3-8,10-11,15H2,1-2H3. The Balaban J connectivity index is 2.35. The van der Waals surface area contributed by atoms with E-state index in [1.807, 2.05) is 11.8 Å². The van der Waals surface area contributed by atoms with Crippen LogP contribution in [0.5, 0.6) is 0 Å². The van der Waals surface area contributed by atoms with Crippen molar-refractivity contribution >= 4 is 11.8 Å². The van der Waals surface area contributed by atoms with Crippen LogP contribution < -0.4 is 5.73 Å². The number of hydrogen-bond acceptors (Lipinski definition) is 2. The highest BCUT2D eigenvalue weighted by atomic mass is 32.2. The predicted octanol–water partition coefficient (Wildman–Crippen LogP) is 4.13. The Labute approximate surface area is 105 Å². The third-order valence-corrected chi connectivity index (χ3v) is 4.89. The molecule has 94 valence electrons. The van der Waals surface area contributed by atoms with E-state index >= 15 is 0 Å². The molecule has 0 saturated carbocycles. The highest BCUT2D eigenvalue weighted by Crippen LogP contribution is 2.22. The summed E-state index contributed by atoms with van der Waals surface area (Å²) in [7, 11) is 0. The molecule has 0 heterocycles. The first-order chi connectivity index (χ1) is 7.74. The molecule has 2 unspecified atom stereocenters. The molecule has 1 aliphatic rings. The number of rotatable bonds is 5. The first-order valence-electron chi connectivity index (χ1n) is 6.80. The van der Waals surface area contributed by atoms with Crippen LogP contribution in [0.15, 0.2) is 11.6 Å². The van der Waals surface area contributed by atoms with Gasteiger partial charge in [-0.2, -0.15) is 11.8 Å². The minimum atomic E-state index is 0.303. The fourth-order valence-electron chi connectivity index (χ4n) is 2.05. The maximum Gasteiger partial charge on any atom is 0.0345 e. The van der Waals surface area contributed by atoms with Crippen LogP contribution in [0.3, 0.4) is 0 Å². The van der Waals surface area contributed by atoms with E-state index in [1.54, 1.807) is 0 Å². The summed E-state index contributed by atoms with van der Waals surface area (Å²) in [4.78, 5) is 0. The molecule has 0 aromatic carbocycles. The van der Waals surface area contributed by atoms with Crippen molar-refractivity contribution in [3.63, 3.8) is 0 Å². The molecule has 0 aliphatic heterocycles. The molecular weight excluding hydrogens is 214 g/mol. The monoisotopic (exact) mass is 241 g/mol. The van der Waals surface area contributed by atoms with Crippen molar-refractivity contribution in [3.05, 3.63) is 11.6 Å². The van der Waals surface area contributed by atoms with E-state index in [9.17, 15) is 0 Å². The van der Waals surface area contributed by atoms with Gasteiger partial charge in [0.15, 0.2) is 0 Å². The lowest BCUT2D eigenvalue weighted by atomic mass is 9.96. The maximum atomic E-state index is 6.28. The Morgan fingerprint density at radius 1 is 1.31 bits per heavy atom. The first kappa shape index (κ1) is 14.1. The Hall–Kier alpha value is 0.0500. The van der Waals surface area contributed by atoms with Gasteiger partial charge >= 0.3 is 0 Å². The lowest BCUT2D eigenvalue weighted by molar-refractivity contribution is 0.606. The molecule has 1 nitrogen and oxygen atoms in total. The molecule has 0 radical (unpaired) electrons. The highest BCUT2D eigenvalue weighted by molar-refractivity contribution is 7.99. The van der Waals surface area contributed by atoms with Gasteiger partial charge < -0.3 is 5.73 Å². The number of allylic oxidation sites excluding steroid dienone is 1. The Morgan fingerprint density at radius 3 is 2.81 bits per heavy atom. The molecule has 0 fully saturated rings. The summed E-state index contributed by atoms with van der Waals surface area (Å²) in [5.41, 5.74) is 7.81. The van der Waals surface area contributed by atoms with Crippen molar-refractivity contribution in [2.75, 3.05) is 5.75 Å². The van der Waals surface area contributed by atoms with Gasteiger partial charge in [0.1, 0.15) is 0 Å². The third-order valence-electron chi connectivity index (χ3n) is 3.44. The summed E-state index contributed by atoms with van der Waals surface area (Å²) >= 11 is 2.02. The second kappa shape index (κ2) is 8.19. The van der Waals surface area contributed by atoms with Crippen LogP contribution in [0.2, 0.25) is 0 Å². The van der Waals surface area contributed by atoms with Crippen molar-refractivity contribution in [1.82, 2.24) is 0 Å². The van der Waals surface area contributed by atoms with Gasteiger partial charge in [0.2, 0.25) is 0 Å². The summed E-state index contributed by atoms with van der Waals surface area (Å²) in [6, 6.07) is 0.303. The summed E-state index contributed by atoms with van der Waals surface area (Å²) in [5.74, 6) is 1.10. The molecule has 0 saturated heterocycles. The number of hydrogen-bond donors (Lipinski definition) is 1. The lowest BCUT2D eigenvalue weighted by Gasteiger charge is -2.19. The van der Waals surface area contributed by atoms with E-state index in [4.69, 9.17) is 5.73 Å². The highest BCUT2D eigenvalue weighted by Gasteiger charge is 2.12. The van der Waals surface area contributed by atoms with Crippen molar-refractivity contribution in [2.24, 2.45) is 5.73 Å². The van der Waals surface area contributed by atoms with E-state index < -0.39 is 0 Å². The number of thioether (sulfide) groups is 1. The summed E-state index contributed by atoms with van der Waals surface area (Å²) in [5, 5.41) is 0.750. The normalized spacial score (nSPS) is 21.8. The predicted molar refractivity (Wildman–Crippen MR) is 76.0 cm³/mol. The van der Waals surface area contributed by atoms with E-state index in [0.29, 0.717) is 6.04 Å². The van der Waals surface area contributed by atoms with Gasteiger partial charge in [-0.15, -0.1) is 0 Å². The van der Waals surface area contributed by atoms with Gasteiger partial charge in [-0.05, 0) is 32.1 Å². The molecule has 0 aromatic rings. The molecule has 2 heteroatoms. The quantitative estimate of drug-likeness (QED) is 0.733. The van der Waals surface area contributed by atoms with E-state index in [2.05, 4.69) is 19.9 Å². The van der Waals surface area contributed by atoms with Crippen LogP contribution in [0.25, 0.3) is 0 Å². The molecule has 2 N–H and O–H groups in total. The molecule has 2 atom stereocenters. The van der Waals surface area contributed by atoms with Crippen LogP contribution in [0.4, 0.5) is 0 Å². The fraction of sp³-hybridized carbons (Fsp3) is 0.857. The van der Waals surface area contributed by atoms with Crippen LogP contribution in [-0.4, -0.2) is 17.0 Å². The van der Waals surface area contributed by atoms with Crippen LogP contribution in [0, 0.1) is 0 Å². The van der Waals surface area contributed by atoms with Crippen LogP contribution in [-0.2, 0) is 0 Å². The molecule has 0 aromatic heterocycles.